The van der Waals surface area contributed by atoms with Crippen LogP contribution in [0.15, 0.2) is 24.3 Å². The molecule has 1 N–H and O–H groups in total. The Hall–Kier alpha value is -1.06. The highest BCUT2D eigenvalue weighted by molar-refractivity contribution is 5.35. The quantitative estimate of drug-likeness (QED) is 0.784. The maximum absolute atomic E-state index is 5.85. The van der Waals surface area contributed by atoms with E-state index < -0.39 is 0 Å². The van der Waals surface area contributed by atoms with Crippen LogP contribution in [0.1, 0.15) is 18.4 Å². The van der Waals surface area contributed by atoms with Crippen LogP contribution >= 0.6 is 0 Å². The van der Waals surface area contributed by atoms with Crippen LogP contribution in [0.3, 0.4) is 0 Å². The predicted molar refractivity (Wildman–Crippen MR) is 73.1 cm³/mol. The lowest BCUT2D eigenvalue weighted by Crippen LogP contribution is -2.40. The van der Waals surface area contributed by atoms with Crippen LogP contribution in [-0.2, 0) is 11.2 Å². The van der Waals surface area contributed by atoms with E-state index in [1.165, 1.54) is 5.56 Å². The van der Waals surface area contributed by atoms with Gasteiger partial charge in [0, 0.05) is 25.7 Å². The van der Waals surface area contributed by atoms with Gasteiger partial charge in [-0.15, -0.1) is 0 Å². The summed E-state index contributed by atoms with van der Waals surface area (Å²) in [5, 5.41) is 3.43. The lowest BCUT2D eigenvalue weighted by Gasteiger charge is -2.31. The molecule has 2 atom stereocenters. The third kappa shape index (κ3) is 3.24. The molecule has 1 aliphatic heterocycles. The standard InChI is InChI=1S/C15H23NO2/c1-16-14(7-5-9-17-2)13-10-12-6-3-4-8-15(12)18-11-13/h3-4,6,8,13-14,16H,5,7,9-11H2,1-2H3. The fourth-order valence-electron chi connectivity index (χ4n) is 2.67. The van der Waals surface area contributed by atoms with Gasteiger partial charge < -0.3 is 14.8 Å². The monoisotopic (exact) mass is 249 g/mol. The first-order chi connectivity index (χ1) is 8.85. The molecule has 100 valence electrons. The van der Waals surface area contributed by atoms with Crippen LogP contribution in [0.2, 0.25) is 0 Å². The molecular formula is C15H23NO2. The SMILES string of the molecule is CNC(CCCOC)C1COc2ccccc2C1. The van der Waals surface area contributed by atoms with Gasteiger partial charge in [-0.05, 0) is 37.9 Å². The molecule has 2 rings (SSSR count). The number of nitrogens with one attached hydrogen (secondary N) is 1. The maximum Gasteiger partial charge on any atom is 0.122 e. The highest BCUT2D eigenvalue weighted by Crippen LogP contribution is 2.29. The molecule has 0 bridgehead atoms. The van der Waals surface area contributed by atoms with Crippen LogP contribution < -0.4 is 10.1 Å². The van der Waals surface area contributed by atoms with Crippen molar-refractivity contribution in [2.45, 2.75) is 25.3 Å². The third-order valence-corrected chi connectivity index (χ3v) is 3.71. The predicted octanol–water partition coefficient (Wildman–Crippen LogP) is 2.25. The molecular weight excluding hydrogens is 226 g/mol. The Morgan fingerprint density at radius 1 is 1.44 bits per heavy atom. The zero-order valence-electron chi connectivity index (χ0n) is 11.3. The van der Waals surface area contributed by atoms with Crippen molar-refractivity contribution in [3.05, 3.63) is 29.8 Å². The van der Waals surface area contributed by atoms with E-state index >= 15 is 0 Å². The van der Waals surface area contributed by atoms with Gasteiger partial charge in [0.1, 0.15) is 5.75 Å². The average Bonchev–Trinajstić information content (AvgIpc) is 2.43. The minimum atomic E-state index is 0.508. The largest absolute Gasteiger partial charge is 0.493 e. The van der Waals surface area contributed by atoms with Gasteiger partial charge >= 0.3 is 0 Å². The van der Waals surface area contributed by atoms with E-state index in [1.807, 2.05) is 13.1 Å². The summed E-state index contributed by atoms with van der Waals surface area (Å²) in [6.07, 6.45) is 3.34. The topological polar surface area (TPSA) is 30.5 Å². The maximum atomic E-state index is 5.85. The van der Waals surface area contributed by atoms with E-state index in [1.54, 1.807) is 7.11 Å². The second kappa shape index (κ2) is 6.76. The van der Waals surface area contributed by atoms with Crippen LogP contribution in [0, 0.1) is 5.92 Å². The molecule has 1 aromatic carbocycles. The number of fused-ring (bicyclic) bond motifs is 1. The first kappa shape index (κ1) is 13.4. The highest BCUT2D eigenvalue weighted by Gasteiger charge is 2.25. The summed E-state index contributed by atoms with van der Waals surface area (Å²) in [5.41, 5.74) is 1.33. The number of methoxy groups -OCH3 is 1. The first-order valence-electron chi connectivity index (χ1n) is 6.72. The number of hydrogen-bond donors (Lipinski definition) is 1. The summed E-state index contributed by atoms with van der Waals surface area (Å²) in [4.78, 5) is 0. The number of para-hydroxylation sites is 1. The Balaban J connectivity index is 1.93. The summed E-state index contributed by atoms with van der Waals surface area (Å²) in [7, 11) is 3.80. The van der Waals surface area contributed by atoms with Crippen molar-refractivity contribution in [2.75, 3.05) is 27.4 Å². The Bertz CT molecular complexity index is 367. The van der Waals surface area contributed by atoms with Gasteiger partial charge in [-0.25, -0.2) is 0 Å². The van der Waals surface area contributed by atoms with Gasteiger partial charge in [-0.3, -0.25) is 0 Å². The van der Waals surface area contributed by atoms with Crippen LogP contribution in [-0.4, -0.2) is 33.4 Å². The number of ether oxygens (including phenoxy) is 2. The number of rotatable bonds is 6. The highest BCUT2D eigenvalue weighted by atomic mass is 16.5. The van der Waals surface area contributed by atoms with Gasteiger partial charge in [-0.1, -0.05) is 18.2 Å². The molecule has 0 radical (unpaired) electrons. The molecule has 0 spiro atoms. The van der Waals surface area contributed by atoms with Crippen molar-refractivity contribution in [2.24, 2.45) is 5.92 Å². The molecule has 0 aromatic heterocycles. The molecule has 0 saturated carbocycles. The van der Waals surface area contributed by atoms with Crippen molar-refractivity contribution in [1.29, 1.82) is 0 Å². The minimum Gasteiger partial charge on any atom is -0.493 e. The van der Waals surface area contributed by atoms with Gasteiger partial charge in [0.05, 0.1) is 6.61 Å². The lowest BCUT2D eigenvalue weighted by molar-refractivity contribution is 0.160. The van der Waals surface area contributed by atoms with Crippen LogP contribution in [0.25, 0.3) is 0 Å². The zero-order chi connectivity index (χ0) is 12.8. The summed E-state index contributed by atoms with van der Waals surface area (Å²) >= 11 is 0. The van der Waals surface area contributed by atoms with Crippen molar-refractivity contribution in [1.82, 2.24) is 5.32 Å². The van der Waals surface area contributed by atoms with Crippen molar-refractivity contribution >= 4 is 0 Å². The van der Waals surface area contributed by atoms with E-state index in [9.17, 15) is 0 Å². The van der Waals surface area contributed by atoms with E-state index in [0.29, 0.717) is 12.0 Å². The van der Waals surface area contributed by atoms with Gasteiger partial charge in [0.2, 0.25) is 0 Å². The third-order valence-electron chi connectivity index (χ3n) is 3.71. The van der Waals surface area contributed by atoms with Gasteiger partial charge in [-0.2, -0.15) is 0 Å². The molecule has 2 unspecified atom stereocenters. The molecule has 0 saturated heterocycles. The smallest absolute Gasteiger partial charge is 0.122 e. The summed E-state index contributed by atoms with van der Waals surface area (Å²) < 4.78 is 11.0. The zero-order valence-corrected chi connectivity index (χ0v) is 11.3. The molecule has 1 heterocycles. The molecule has 3 nitrogen and oxygen atoms in total. The Kier molecular flexibility index (Phi) is 5.02. The Morgan fingerprint density at radius 3 is 3.06 bits per heavy atom. The van der Waals surface area contributed by atoms with Crippen molar-refractivity contribution in [3.63, 3.8) is 0 Å². The Morgan fingerprint density at radius 2 is 2.28 bits per heavy atom. The summed E-state index contributed by atoms with van der Waals surface area (Å²) in [6, 6.07) is 8.86. The summed E-state index contributed by atoms with van der Waals surface area (Å²) in [5.74, 6) is 1.61. The second-order valence-electron chi connectivity index (χ2n) is 4.91. The fourth-order valence-corrected chi connectivity index (χ4v) is 2.67. The molecule has 0 aliphatic carbocycles. The van der Waals surface area contributed by atoms with Crippen LogP contribution in [0.4, 0.5) is 0 Å². The Labute approximate surface area is 109 Å². The van der Waals surface area contributed by atoms with Crippen molar-refractivity contribution in [3.8, 4) is 5.75 Å². The first-order valence-corrected chi connectivity index (χ1v) is 6.72. The average molecular weight is 249 g/mol. The fraction of sp³-hybridized carbons (Fsp3) is 0.600. The molecule has 1 aromatic rings. The summed E-state index contributed by atoms with van der Waals surface area (Å²) in [6.45, 7) is 1.65. The van der Waals surface area contributed by atoms with E-state index in [-0.39, 0.29) is 0 Å². The molecule has 0 amide bonds. The molecule has 18 heavy (non-hydrogen) atoms. The lowest BCUT2D eigenvalue weighted by atomic mass is 9.88. The number of benzene rings is 1. The second-order valence-corrected chi connectivity index (χ2v) is 4.91. The molecule has 1 aliphatic rings. The minimum absolute atomic E-state index is 0.508. The van der Waals surface area contributed by atoms with Crippen LogP contribution in [0.5, 0.6) is 5.75 Å². The van der Waals surface area contributed by atoms with E-state index in [2.05, 4.69) is 23.5 Å². The van der Waals surface area contributed by atoms with E-state index in [0.717, 1.165) is 38.2 Å². The normalized spacial score (nSPS) is 20.0. The van der Waals surface area contributed by atoms with Crippen molar-refractivity contribution < 1.29 is 9.47 Å². The van der Waals surface area contributed by atoms with Gasteiger partial charge in [0.15, 0.2) is 0 Å². The number of hydrogen-bond acceptors (Lipinski definition) is 3. The molecule has 3 heteroatoms. The van der Waals surface area contributed by atoms with Gasteiger partial charge in [0.25, 0.3) is 0 Å². The molecule has 0 fully saturated rings. The van der Waals surface area contributed by atoms with E-state index in [4.69, 9.17) is 9.47 Å².